The highest BCUT2D eigenvalue weighted by Gasteiger charge is 1.90. The van der Waals surface area contributed by atoms with E-state index in [0.717, 1.165) is 11.3 Å². The predicted octanol–water partition coefficient (Wildman–Crippen LogP) is 2.72. The average Bonchev–Trinajstić information content (AvgIpc) is 2.28. The second-order valence-electron chi connectivity index (χ2n) is 3.23. The standard InChI is InChI=1S/C13H9ClN2/c14-11-7-8-16-13(9-11)6-3-10-1-4-12(15)5-2-10/h1-2,4-5,7-9H,15H2. The normalized spacial score (nSPS) is 9.31. The number of hydrogen-bond acceptors (Lipinski definition) is 2. The molecule has 0 fully saturated rings. The zero-order valence-corrected chi connectivity index (χ0v) is 9.20. The molecule has 1 heterocycles. The predicted molar refractivity (Wildman–Crippen MR) is 66.1 cm³/mol. The summed E-state index contributed by atoms with van der Waals surface area (Å²) in [6, 6.07) is 10.8. The maximum absolute atomic E-state index is 5.82. The molecule has 0 aliphatic rings. The van der Waals surface area contributed by atoms with Crippen LogP contribution in [0.3, 0.4) is 0 Å². The molecule has 0 radical (unpaired) electrons. The van der Waals surface area contributed by atoms with Gasteiger partial charge in [0.1, 0.15) is 5.69 Å². The Morgan fingerprint density at radius 2 is 1.81 bits per heavy atom. The molecule has 78 valence electrons. The lowest BCUT2D eigenvalue weighted by atomic mass is 10.2. The molecule has 2 rings (SSSR count). The van der Waals surface area contributed by atoms with Crippen molar-refractivity contribution >= 4 is 17.3 Å². The Hall–Kier alpha value is -1.98. The van der Waals surface area contributed by atoms with Crippen LogP contribution in [0.2, 0.25) is 5.02 Å². The fraction of sp³-hybridized carbons (Fsp3) is 0. The number of aromatic nitrogens is 1. The molecule has 0 saturated heterocycles. The van der Waals surface area contributed by atoms with E-state index in [9.17, 15) is 0 Å². The minimum Gasteiger partial charge on any atom is -0.399 e. The summed E-state index contributed by atoms with van der Waals surface area (Å²) in [6.45, 7) is 0. The average molecular weight is 229 g/mol. The topological polar surface area (TPSA) is 38.9 Å². The number of nitrogens with zero attached hydrogens (tertiary/aromatic N) is 1. The molecular formula is C13H9ClN2. The fourth-order valence-electron chi connectivity index (χ4n) is 1.18. The molecule has 0 bridgehead atoms. The van der Waals surface area contributed by atoms with Gasteiger partial charge in [0.2, 0.25) is 0 Å². The van der Waals surface area contributed by atoms with Crippen LogP contribution in [-0.4, -0.2) is 4.98 Å². The molecule has 1 aromatic heterocycles. The van der Waals surface area contributed by atoms with Gasteiger partial charge in [-0.2, -0.15) is 0 Å². The Balaban J connectivity index is 2.25. The summed E-state index contributed by atoms with van der Waals surface area (Å²) in [7, 11) is 0. The summed E-state index contributed by atoms with van der Waals surface area (Å²) in [6.07, 6.45) is 1.63. The quantitative estimate of drug-likeness (QED) is 0.556. The first-order valence-corrected chi connectivity index (χ1v) is 5.11. The third kappa shape index (κ3) is 2.75. The monoisotopic (exact) mass is 228 g/mol. The molecule has 0 atom stereocenters. The van der Waals surface area contributed by atoms with E-state index in [-0.39, 0.29) is 0 Å². The smallest absolute Gasteiger partial charge is 0.114 e. The van der Waals surface area contributed by atoms with Crippen LogP contribution >= 0.6 is 11.6 Å². The SMILES string of the molecule is Nc1ccc(C#Cc2cc(Cl)ccn2)cc1. The zero-order valence-electron chi connectivity index (χ0n) is 8.44. The van der Waals surface area contributed by atoms with Gasteiger partial charge in [0.15, 0.2) is 0 Å². The Bertz CT molecular complexity index is 550. The zero-order chi connectivity index (χ0) is 11.4. The highest BCUT2D eigenvalue weighted by atomic mass is 35.5. The first-order valence-electron chi connectivity index (χ1n) is 4.73. The largest absolute Gasteiger partial charge is 0.399 e. The lowest BCUT2D eigenvalue weighted by molar-refractivity contribution is 1.29. The lowest BCUT2D eigenvalue weighted by Crippen LogP contribution is -1.84. The Kier molecular flexibility index (Phi) is 3.09. The van der Waals surface area contributed by atoms with Crippen molar-refractivity contribution in [1.29, 1.82) is 0 Å². The fourth-order valence-corrected chi connectivity index (χ4v) is 1.34. The maximum atomic E-state index is 5.82. The van der Waals surface area contributed by atoms with Crippen LogP contribution in [0, 0.1) is 11.8 Å². The van der Waals surface area contributed by atoms with E-state index in [1.54, 1.807) is 18.3 Å². The number of nitrogens with two attached hydrogens (primary N) is 1. The molecule has 0 amide bonds. The van der Waals surface area contributed by atoms with Crippen LogP contribution in [0.4, 0.5) is 5.69 Å². The molecule has 0 aliphatic heterocycles. The molecular weight excluding hydrogens is 220 g/mol. The van der Waals surface area contributed by atoms with Crippen molar-refractivity contribution in [3.63, 3.8) is 0 Å². The van der Waals surface area contributed by atoms with E-state index in [0.29, 0.717) is 10.7 Å². The van der Waals surface area contributed by atoms with E-state index < -0.39 is 0 Å². The minimum absolute atomic E-state index is 0.636. The molecule has 2 nitrogen and oxygen atoms in total. The van der Waals surface area contributed by atoms with Gasteiger partial charge in [-0.15, -0.1) is 0 Å². The van der Waals surface area contributed by atoms with Crippen molar-refractivity contribution < 1.29 is 0 Å². The summed E-state index contributed by atoms with van der Waals surface area (Å²) in [4.78, 5) is 4.09. The van der Waals surface area contributed by atoms with Crippen molar-refractivity contribution in [3.05, 3.63) is 58.9 Å². The van der Waals surface area contributed by atoms with Crippen molar-refractivity contribution in [3.8, 4) is 11.8 Å². The molecule has 2 aromatic rings. The summed E-state index contributed by atoms with van der Waals surface area (Å²) in [5, 5.41) is 0.636. The summed E-state index contributed by atoms with van der Waals surface area (Å²) >= 11 is 5.82. The van der Waals surface area contributed by atoms with Crippen LogP contribution in [-0.2, 0) is 0 Å². The molecule has 1 aromatic carbocycles. The third-order valence-electron chi connectivity index (χ3n) is 1.97. The Labute approximate surface area is 99.1 Å². The number of nitrogen functional groups attached to an aromatic ring is 1. The maximum Gasteiger partial charge on any atom is 0.114 e. The third-order valence-corrected chi connectivity index (χ3v) is 2.20. The van der Waals surface area contributed by atoms with Crippen LogP contribution in [0.15, 0.2) is 42.6 Å². The summed E-state index contributed by atoms with van der Waals surface area (Å²) < 4.78 is 0. The van der Waals surface area contributed by atoms with Crippen LogP contribution in [0.1, 0.15) is 11.3 Å². The number of pyridine rings is 1. The molecule has 3 heteroatoms. The second kappa shape index (κ2) is 4.69. The van der Waals surface area contributed by atoms with Gasteiger partial charge >= 0.3 is 0 Å². The number of benzene rings is 1. The van der Waals surface area contributed by atoms with E-state index in [4.69, 9.17) is 17.3 Å². The molecule has 0 saturated carbocycles. The van der Waals surface area contributed by atoms with Gasteiger partial charge < -0.3 is 5.73 Å². The number of halogens is 1. The van der Waals surface area contributed by atoms with Crippen molar-refractivity contribution in [2.75, 3.05) is 5.73 Å². The molecule has 0 unspecified atom stereocenters. The lowest BCUT2D eigenvalue weighted by Gasteiger charge is -1.92. The molecule has 0 spiro atoms. The highest BCUT2D eigenvalue weighted by molar-refractivity contribution is 6.30. The number of anilines is 1. The van der Waals surface area contributed by atoms with E-state index >= 15 is 0 Å². The van der Waals surface area contributed by atoms with E-state index in [1.807, 2.05) is 24.3 Å². The van der Waals surface area contributed by atoms with Gasteiger partial charge in [-0.3, -0.25) is 0 Å². The first-order chi connectivity index (χ1) is 7.74. The Morgan fingerprint density at radius 1 is 1.06 bits per heavy atom. The summed E-state index contributed by atoms with van der Waals surface area (Å²) in [5.41, 5.74) is 7.86. The Morgan fingerprint density at radius 3 is 2.50 bits per heavy atom. The second-order valence-corrected chi connectivity index (χ2v) is 3.67. The van der Waals surface area contributed by atoms with Crippen LogP contribution in [0.5, 0.6) is 0 Å². The van der Waals surface area contributed by atoms with Gasteiger partial charge in [-0.1, -0.05) is 17.5 Å². The van der Waals surface area contributed by atoms with E-state index in [1.165, 1.54) is 0 Å². The number of hydrogen-bond donors (Lipinski definition) is 1. The van der Waals surface area contributed by atoms with Gasteiger partial charge in [0, 0.05) is 22.5 Å². The molecule has 16 heavy (non-hydrogen) atoms. The molecule has 2 N–H and O–H groups in total. The van der Waals surface area contributed by atoms with Gasteiger partial charge in [-0.25, -0.2) is 4.98 Å². The van der Waals surface area contributed by atoms with Crippen LogP contribution < -0.4 is 5.73 Å². The number of rotatable bonds is 0. The van der Waals surface area contributed by atoms with E-state index in [2.05, 4.69) is 16.8 Å². The van der Waals surface area contributed by atoms with Crippen molar-refractivity contribution in [2.24, 2.45) is 0 Å². The molecule has 0 aliphatic carbocycles. The minimum atomic E-state index is 0.636. The van der Waals surface area contributed by atoms with Crippen molar-refractivity contribution in [1.82, 2.24) is 4.98 Å². The van der Waals surface area contributed by atoms with Crippen molar-refractivity contribution in [2.45, 2.75) is 0 Å². The van der Waals surface area contributed by atoms with Gasteiger partial charge in [0.05, 0.1) is 0 Å². The first kappa shape index (κ1) is 10.5. The summed E-state index contributed by atoms with van der Waals surface area (Å²) in [5.74, 6) is 5.92. The highest BCUT2D eigenvalue weighted by Crippen LogP contribution is 2.07. The van der Waals surface area contributed by atoms with Gasteiger partial charge in [0.25, 0.3) is 0 Å². The van der Waals surface area contributed by atoms with Crippen LogP contribution in [0.25, 0.3) is 0 Å². The van der Waals surface area contributed by atoms with Gasteiger partial charge in [-0.05, 0) is 42.3 Å².